The molecule has 2 N–H and O–H groups in total. The maximum absolute atomic E-state index is 13.5. The van der Waals surface area contributed by atoms with E-state index in [1.165, 1.54) is 14.2 Å². The molecule has 3 unspecified atom stereocenters. The third kappa shape index (κ3) is 5.25. The van der Waals surface area contributed by atoms with Crippen LogP contribution in [-0.2, 0) is 25.5 Å². The molecule has 2 rings (SSSR count). The lowest BCUT2D eigenvalue weighted by atomic mass is 9.94. The second-order valence-electron chi connectivity index (χ2n) is 6.61. The molecular weight excluding hydrogens is 339 g/mol. The number of hydrogen-bond acceptors (Lipinski definition) is 5. The third-order valence-corrected chi connectivity index (χ3v) is 4.77. The Morgan fingerprint density at radius 1 is 1.31 bits per heavy atom. The smallest absolute Gasteiger partial charge is 0.328 e. The van der Waals surface area contributed by atoms with Crippen molar-refractivity contribution in [3.05, 3.63) is 35.9 Å². The predicted octanol–water partition coefficient (Wildman–Crippen LogP) is 1.24. The number of hydrogen-bond donors (Lipinski definition) is 2. The molecule has 0 aromatic heterocycles. The van der Waals surface area contributed by atoms with Crippen LogP contribution in [0.25, 0.3) is 0 Å². The highest BCUT2D eigenvalue weighted by atomic mass is 19.1. The molecule has 0 bridgehead atoms. The van der Waals surface area contributed by atoms with Crippen LogP contribution in [0.1, 0.15) is 18.9 Å². The molecule has 0 saturated carbocycles. The summed E-state index contributed by atoms with van der Waals surface area (Å²) >= 11 is 0. The molecule has 1 fully saturated rings. The first-order chi connectivity index (χ1) is 12.5. The minimum atomic E-state index is -0.936. The molecule has 1 amide bonds. The summed E-state index contributed by atoms with van der Waals surface area (Å²) in [6.45, 7) is 1.98. The van der Waals surface area contributed by atoms with Gasteiger partial charge in [-0.25, -0.2) is 9.18 Å². The van der Waals surface area contributed by atoms with Crippen LogP contribution in [0.2, 0.25) is 0 Å². The number of esters is 1. The van der Waals surface area contributed by atoms with E-state index in [4.69, 9.17) is 9.47 Å². The fourth-order valence-electron chi connectivity index (χ4n) is 3.33. The van der Waals surface area contributed by atoms with E-state index in [-0.39, 0.29) is 18.5 Å². The molecule has 7 heteroatoms. The monoisotopic (exact) mass is 366 g/mol. The lowest BCUT2D eigenvalue weighted by molar-refractivity contribution is -0.146. The van der Waals surface area contributed by atoms with Crippen LogP contribution >= 0.6 is 0 Å². The van der Waals surface area contributed by atoms with Gasteiger partial charge in [-0.2, -0.15) is 0 Å². The fourth-order valence-corrected chi connectivity index (χ4v) is 3.33. The Morgan fingerprint density at radius 3 is 2.54 bits per heavy atom. The Hall–Kier alpha value is -1.99. The van der Waals surface area contributed by atoms with E-state index >= 15 is 0 Å². The highest BCUT2D eigenvalue weighted by Crippen LogP contribution is 2.21. The minimum absolute atomic E-state index is 0.235. The van der Waals surface area contributed by atoms with Gasteiger partial charge in [-0.15, -0.1) is 0 Å². The second kappa shape index (κ2) is 9.64. The maximum atomic E-state index is 13.5. The Morgan fingerprint density at radius 2 is 2.00 bits per heavy atom. The number of halogens is 1. The number of alkyl halides is 1. The number of methoxy groups -OCH3 is 2. The number of ether oxygens (including phenoxy) is 2. The minimum Gasteiger partial charge on any atom is -0.467 e. The van der Waals surface area contributed by atoms with Gasteiger partial charge in [0.05, 0.1) is 19.1 Å². The Balaban J connectivity index is 2.03. The maximum Gasteiger partial charge on any atom is 0.328 e. The Labute approximate surface area is 153 Å². The topological polar surface area (TPSA) is 76.7 Å². The second-order valence-corrected chi connectivity index (χ2v) is 6.61. The summed E-state index contributed by atoms with van der Waals surface area (Å²) in [5.74, 6) is -1.38. The van der Waals surface area contributed by atoms with Crippen molar-refractivity contribution in [1.82, 2.24) is 10.6 Å². The van der Waals surface area contributed by atoms with Gasteiger partial charge in [0.15, 0.2) is 0 Å². The average molecular weight is 366 g/mol. The van der Waals surface area contributed by atoms with Gasteiger partial charge in [0.25, 0.3) is 0 Å². The van der Waals surface area contributed by atoms with Crippen LogP contribution in [0.4, 0.5) is 4.39 Å². The Bertz CT molecular complexity index is 598. The molecule has 1 saturated heterocycles. The quantitative estimate of drug-likeness (QED) is 0.677. The molecule has 0 spiro atoms. The van der Waals surface area contributed by atoms with E-state index in [9.17, 15) is 14.0 Å². The number of nitrogens with one attached hydrogen (secondary N) is 2. The van der Waals surface area contributed by atoms with E-state index in [1.54, 1.807) is 6.92 Å². The molecule has 1 aromatic carbocycles. The zero-order valence-corrected chi connectivity index (χ0v) is 15.4. The number of benzene rings is 1. The van der Waals surface area contributed by atoms with Crippen LogP contribution in [0.5, 0.6) is 0 Å². The largest absolute Gasteiger partial charge is 0.467 e. The standard InChI is InChI=1S/C19H27FN2O4/c1-12(17(25-2)15-10-14(20)11-21-15)18(23)22-16(19(24)26-3)9-13-7-5-4-6-8-13/h4-8,12,14-17,21H,9-11H2,1-3H3,(H,22,23)/t12?,14-,15-,16?,17?/m0/s1. The lowest BCUT2D eigenvalue weighted by Gasteiger charge is -2.28. The number of rotatable bonds is 8. The molecule has 6 nitrogen and oxygen atoms in total. The highest BCUT2D eigenvalue weighted by Gasteiger charge is 2.37. The molecular formula is C19H27FN2O4. The lowest BCUT2D eigenvalue weighted by Crippen LogP contribution is -2.50. The first kappa shape index (κ1) is 20.3. The van der Waals surface area contributed by atoms with Crippen molar-refractivity contribution in [2.45, 2.75) is 44.1 Å². The van der Waals surface area contributed by atoms with Gasteiger partial charge in [0.1, 0.15) is 12.2 Å². The SMILES string of the molecule is COC(=O)C(Cc1ccccc1)NC(=O)C(C)C(OC)[C@@H]1C[C@H](F)CN1. The fraction of sp³-hybridized carbons (Fsp3) is 0.579. The Kier molecular flexibility index (Phi) is 7.53. The van der Waals surface area contributed by atoms with Crippen molar-refractivity contribution >= 4 is 11.9 Å². The van der Waals surface area contributed by atoms with Crippen molar-refractivity contribution in [3.8, 4) is 0 Å². The van der Waals surface area contributed by atoms with Gasteiger partial charge in [-0.3, -0.25) is 4.79 Å². The number of carbonyl (C=O) groups excluding carboxylic acids is 2. The summed E-state index contributed by atoms with van der Waals surface area (Å²) in [5, 5.41) is 5.80. The van der Waals surface area contributed by atoms with Gasteiger partial charge in [0.2, 0.25) is 5.91 Å². The summed E-state index contributed by atoms with van der Waals surface area (Å²) in [6, 6.07) is 8.36. The van der Waals surface area contributed by atoms with Crippen molar-refractivity contribution in [1.29, 1.82) is 0 Å². The summed E-state index contributed by atoms with van der Waals surface area (Å²) in [7, 11) is 2.79. The van der Waals surface area contributed by atoms with Crippen LogP contribution in [0.15, 0.2) is 30.3 Å². The molecule has 0 aliphatic carbocycles. The molecule has 144 valence electrons. The zero-order valence-electron chi connectivity index (χ0n) is 15.4. The molecule has 1 aromatic rings. The van der Waals surface area contributed by atoms with Gasteiger partial charge in [-0.1, -0.05) is 37.3 Å². The summed E-state index contributed by atoms with van der Waals surface area (Å²) in [6.07, 6.45) is -0.780. The molecule has 1 heterocycles. The van der Waals surface area contributed by atoms with Crippen molar-refractivity contribution in [3.63, 3.8) is 0 Å². The number of amides is 1. The van der Waals surface area contributed by atoms with Crippen molar-refractivity contribution < 1.29 is 23.5 Å². The molecule has 26 heavy (non-hydrogen) atoms. The van der Waals surface area contributed by atoms with E-state index in [1.807, 2.05) is 30.3 Å². The van der Waals surface area contributed by atoms with Crippen LogP contribution in [0, 0.1) is 5.92 Å². The van der Waals surface area contributed by atoms with Gasteiger partial charge < -0.3 is 20.1 Å². The van der Waals surface area contributed by atoms with E-state index in [0.29, 0.717) is 12.8 Å². The van der Waals surface area contributed by atoms with Crippen molar-refractivity contribution in [2.75, 3.05) is 20.8 Å². The van der Waals surface area contributed by atoms with Crippen LogP contribution in [-0.4, -0.2) is 57.0 Å². The highest BCUT2D eigenvalue weighted by molar-refractivity contribution is 5.86. The van der Waals surface area contributed by atoms with E-state index in [2.05, 4.69) is 10.6 Å². The number of carbonyl (C=O) groups is 2. The zero-order chi connectivity index (χ0) is 19.1. The van der Waals surface area contributed by atoms with E-state index in [0.717, 1.165) is 5.56 Å². The summed E-state index contributed by atoms with van der Waals surface area (Å²) in [4.78, 5) is 24.8. The van der Waals surface area contributed by atoms with Crippen LogP contribution < -0.4 is 10.6 Å². The van der Waals surface area contributed by atoms with Gasteiger partial charge in [-0.05, 0) is 12.0 Å². The summed E-state index contributed by atoms with van der Waals surface area (Å²) in [5.41, 5.74) is 0.914. The average Bonchev–Trinajstić information content (AvgIpc) is 3.07. The molecule has 1 aliphatic heterocycles. The van der Waals surface area contributed by atoms with Gasteiger partial charge >= 0.3 is 5.97 Å². The van der Waals surface area contributed by atoms with Crippen LogP contribution in [0.3, 0.4) is 0 Å². The first-order valence-electron chi connectivity index (χ1n) is 8.78. The summed E-state index contributed by atoms with van der Waals surface area (Å²) < 4.78 is 23.7. The first-order valence-corrected chi connectivity index (χ1v) is 8.78. The van der Waals surface area contributed by atoms with E-state index < -0.39 is 30.2 Å². The van der Waals surface area contributed by atoms with Gasteiger partial charge in [0, 0.05) is 26.1 Å². The molecule has 1 aliphatic rings. The van der Waals surface area contributed by atoms with Crippen molar-refractivity contribution in [2.24, 2.45) is 5.92 Å². The molecule has 0 radical (unpaired) electrons. The molecule has 5 atom stereocenters. The predicted molar refractivity (Wildman–Crippen MR) is 95.4 cm³/mol. The third-order valence-electron chi connectivity index (χ3n) is 4.77. The normalized spacial score (nSPS) is 23.1.